The monoisotopic (exact) mass is 351 g/mol. The number of aromatic nitrogens is 3. The lowest BCUT2D eigenvalue weighted by Crippen LogP contribution is -2.16. The van der Waals surface area contributed by atoms with Crippen LogP contribution in [0, 0.1) is 25.7 Å². The highest BCUT2D eigenvalue weighted by Gasteiger charge is 2.15. The van der Waals surface area contributed by atoms with E-state index < -0.39 is 0 Å². The summed E-state index contributed by atoms with van der Waals surface area (Å²) in [6.45, 7) is 5.84. The number of hydrogen-bond donors (Lipinski definition) is 1. The maximum atomic E-state index is 12.1. The third-order valence-corrected chi connectivity index (χ3v) is 4.29. The second-order valence-electron chi connectivity index (χ2n) is 5.71. The fourth-order valence-corrected chi connectivity index (χ4v) is 3.05. The average molecular weight is 352 g/mol. The molecular formula is C20H18ClN3O. The number of aromatic amines is 1. The lowest BCUT2D eigenvalue weighted by Gasteiger charge is -2.11. The molecule has 25 heavy (non-hydrogen) atoms. The Labute approximate surface area is 151 Å². The van der Waals surface area contributed by atoms with E-state index in [4.69, 9.17) is 11.6 Å². The standard InChI is InChI=1S/C20H18ClN3O/c1-4-17-19(10-11-22-20(17)25)24-13(2)18(23-14(24)3)9-8-15-6-5-7-16(21)12-15/h5-7,10-12H,4H2,1-3H3,(H,22,25). The van der Waals surface area contributed by atoms with Gasteiger partial charge >= 0.3 is 0 Å². The highest BCUT2D eigenvalue weighted by Crippen LogP contribution is 2.19. The van der Waals surface area contributed by atoms with E-state index in [0.717, 1.165) is 28.3 Å². The zero-order valence-corrected chi connectivity index (χ0v) is 15.1. The molecule has 126 valence electrons. The van der Waals surface area contributed by atoms with Crippen molar-refractivity contribution in [1.29, 1.82) is 0 Å². The van der Waals surface area contributed by atoms with E-state index in [1.807, 2.05) is 55.7 Å². The van der Waals surface area contributed by atoms with Crippen LogP contribution in [0.1, 0.15) is 35.3 Å². The van der Waals surface area contributed by atoms with Crippen molar-refractivity contribution in [2.24, 2.45) is 0 Å². The van der Waals surface area contributed by atoms with E-state index in [-0.39, 0.29) is 5.56 Å². The van der Waals surface area contributed by atoms with Gasteiger partial charge < -0.3 is 4.98 Å². The van der Waals surface area contributed by atoms with Crippen molar-refractivity contribution < 1.29 is 0 Å². The molecule has 3 aromatic rings. The number of nitrogens with one attached hydrogen (secondary N) is 1. The van der Waals surface area contributed by atoms with Crippen molar-refractivity contribution in [3.63, 3.8) is 0 Å². The summed E-state index contributed by atoms with van der Waals surface area (Å²) in [6.07, 6.45) is 2.30. The van der Waals surface area contributed by atoms with Crippen LogP contribution < -0.4 is 5.56 Å². The molecule has 2 heterocycles. The Morgan fingerprint density at radius 1 is 1.24 bits per heavy atom. The van der Waals surface area contributed by atoms with Crippen molar-refractivity contribution in [2.75, 3.05) is 0 Å². The Kier molecular flexibility index (Phi) is 4.78. The minimum absolute atomic E-state index is 0.0703. The van der Waals surface area contributed by atoms with Crippen LogP contribution in [-0.4, -0.2) is 14.5 Å². The molecule has 0 saturated carbocycles. The van der Waals surface area contributed by atoms with Gasteiger partial charge in [-0.15, -0.1) is 0 Å². The molecule has 1 aromatic carbocycles. The van der Waals surface area contributed by atoms with Crippen molar-refractivity contribution in [3.8, 4) is 17.5 Å². The summed E-state index contributed by atoms with van der Waals surface area (Å²) >= 11 is 6.00. The van der Waals surface area contributed by atoms with Gasteiger partial charge in [0.1, 0.15) is 11.5 Å². The Bertz CT molecular complexity index is 1050. The first kappa shape index (κ1) is 17.1. The van der Waals surface area contributed by atoms with E-state index in [2.05, 4.69) is 21.8 Å². The predicted molar refractivity (Wildman–Crippen MR) is 100 cm³/mol. The number of pyridine rings is 1. The van der Waals surface area contributed by atoms with Gasteiger partial charge in [0, 0.05) is 22.3 Å². The minimum Gasteiger partial charge on any atom is -0.329 e. The van der Waals surface area contributed by atoms with Gasteiger partial charge in [-0.05, 0) is 50.5 Å². The third-order valence-electron chi connectivity index (χ3n) is 4.06. The number of nitrogens with zero attached hydrogens (tertiary/aromatic N) is 2. The molecule has 1 N–H and O–H groups in total. The predicted octanol–water partition coefficient (Wildman–Crippen LogP) is 3.79. The highest BCUT2D eigenvalue weighted by molar-refractivity contribution is 6.30. The molecule has 0 fully saturated rings. The molecular weight excluding hydrogens is 334 g/mol. The van der Waals surface area contributed by atoms with Gasteiger partial charge in [0.15, 0.2) is 0 Å². The van der Waals surface area contributed by atoms with Gasteiger partial charge in [-0.1, -0.05) is 30.5 Å². The average Bonchev–Trinajstić information content (AvgIpc) is 2.86. The molecule has 0 atom stereocenters. The van der Waals surface area contributed by atoms with E-state index in [0.29, 0.717) is 17.1 Å². The second-order valence-corrected chi connectivity index (χ2v) is 6.15. The van der Waals surface area contributed by atoms with Crippen molar-refractivity contribution in [2.45, 2.75) is 27.2 Å². The minimum atomic E-state index is -0.0703. The van der Waals surface area contributed by atoms with Crippen LogP contribution in [0.2, 0.25) is 5.02 Å². The van der Waals surface area contributed by atoms with E-state index in [1.54, 1.807) is 6.20 Å². The zero-order valence-electron chi connectivity index (χ0n) is 14.4. The van der Waals surface area contributed by atoms with Crippen LogP contribution in [0.25, 0.3) is 5.69 Å². The normalized spacial score (nSPS) is 10.4. The lowest BCUT2D eigenvalue weighted by atomic mass is 10.1. The Balaban J connectivity index is 2.09. The van der Waals surface area contributed by atoms with Gasteiger partial charge in [-0.3, -0.25) is 9.36 Å². The third kappa shape index (κ3) is 3.38. The Morgan fingerprint density at radius 2 is 2.04 bits per heavy atom. The van der Waals surface area contributed by atoms with Crippen LogP contribution in [-0.2, 0) is 6.42 Å². The molecule has 0 saturated heterocycles. The molecule has 0 aliphatic heterocycles. The Morgan fingerprint density at radius 3 is 2.76 bits per heavy atom. The van der Waals surface area contributed by atoms with Crippen LogP contribution in [0.4, 0.5) is 0 Å². The number of rotatable bonds is 2. The molecule has 0 bridgehead atoms. The number of imidazole rings is 1. The van der Waals surface area contributed by atoms with E-state index in [9.17, 15) is 4.79 Å². The summed E-state index contributed by atoms with van der Waals surface area (Å²) in [4.78, 5) is 19.4. The second kappa shape index (κ2) is 7.00. The number of H-pyrrole nitrogens is 1. The summed E-state index contributed by atoms with van der Waals surface area (Å²) in [5.74, 6) is 7.01. The number of halogens is 1. The smallest absolute Gasteiger partial charge is 0.253 e. The van der Waals surface area contributed by atoms with Gasteiger partial charge in [0.25, 0.3) is 5.56 Å². The summed E-state index contributed by atoms with van der Waals surface area (Å²) in [5.41, 5.74) is 3.96. The first-order valence-corrected chi connectivity index (χ1v) is 8.43. The molecule has 0 aliphatic rings. The fourth-order valence-electron chi connectivity index (χ4n) is 2.86. The maximum absolute atomic E-state index is 12.1. The quantitative estimate of drug-likeness (QED) is 0.714. The zero-order chi connectivity index (χ0) is 18.0. The molecule has 0 amide bonds. The summed E-state index contributed by atoms with van der Waals surface area (Å²) in [5, 5.41) is 0.654. The molecule has 0 unspecified atom stereocenters. The van der Waals surface area contributed by atoms with E-state index >= 15 is 0 Å². The van der Waals surface area contributed by atoms with Crippen molar-refractivity contribution in [3.05, 3.63) is 80.2 Å². The largest absolute Gasteiger partial charge is 0.329 e. The molecule has 0 spiro atoms. The highest BCUT2D eigenvalue weighted by atomic mass is 35.5. The van der Waals surface area contributed by atoms with Crippen LogP contribution in [0.3, 0.4) is 0 Å². The van der Waals surface area contributed by atoms with Crippen LogP contribution in [0.5, 0.6) is 0 Å². The molecule has 2 aromatic heterocycles. The first-order chi connectivity index (χ1) is 12.0. The van der Waals surface area contributed by atoms with Gasteiger partial charge in [-0.2, -0.15) is 0 Å². The molecule has 5 heteroatoms. The number of hydrogen-bond acceptors (Lipinski definition) is 2. The molecule has 4 nitrogen and oxygen atoms in total. The van der Waals surface area contributed by atoms with Crippen LogP contribution >= 0.6 is 11.6 Å². The lowest BCUT2D eigenvalue weighted by molar-refractivity contribution is 0.901. The molecule has 0 aliphatic carbocycles. The number of aryl methyl sites for hydroxylation is 1. The summed E-state index contributed by atoms with van der Waals surface area (Å²) in [7, 11) is 0. The van der Waals surface area contributed by atoms with Gasteiger partial charge in [0.05, 0.1) is 11.4 Å². The fraction of sp³-hybridized carbons (Fsp3) is 0.200. The van der Waals surface area contributed by atoms with E-state index in [1.165, 1.54) is 0 Å². The van der Waals surface area contributed by atoms with Crippen LogP contribution in [0.15, 0.2) is 41.3 Å². The Hall–Kier alpha value is -2.77. The van der Waals surface area contributed by atoms with Gasteiger partial charge in [0.2, 0.25) is 0 Å². The molecule has 3 rings (SSSR count). The summed E-state index contributed by atoms with van der Waals surface area (Å²) in [6, 6.07) is 9.31. The maximum Gasteiger partial charge on any atom is 0.253 e. The molecule has 0 radical (unpaired) electrons. The topological polar surface area (TPSA) is 50.7 Å². The first-order valence-electron chi connectivity index (χ1n) is 8.05. The summed E-state index contributed by atoms with van der Waals surface area (Å²) < 4.78 is 1.98. The SMILES string of the molecule is CCc1c(-n2c(C)nc(C#Cc3cccc(Cl)c3)c2C)cc[nH]c1=O. The van der Waals surface area contributed by atoms with Crippen molar-refractivity contribution >= 4 is 11.6 Å². The van der Waals surface area contributed by atoms with Crippen molar-refractivity contribution in [1.82, 2.24) is 14.5 Å². The number of benzene rings is 1. The van der Waals surface area contributed by atoms with Gasteiger partial charge in [-0.25, -0.2) is 4.98 Å².